The summed E-state index contributed by atoms with van der Waals surface area (Å²) in [4.78, 5) is 5.10. The van der Waals surface area contributed by atoms with Crippen LogP contribution in [0.2, 0.25) is 0 Å². The van der Waals surface area contributed by atoms with E-state index in [4.69, 9.17) is 4.74 Å². The number of hydrogen-bond acceptors (Lipinski definition) is 4. The average Bonchev–Trinajstić information content (AvgIpc) is 2.55. The quantitative estimate of drug-likeness (QED) is 0.833. The minimum absolute atomic E-state index is 0.674. The van der Waals surface area contributed by atoms with Crippen molar-refractivity contribution in [1.29, 1.82) is 0 Å². The Bertz CT molecular complexity index is 410. The van der Waals surface area contributed by atoms with Crippen LogP contribution in [0.4, 0.5) is 5.69 Å². The number of methoxy groups -OCH3 is 1. The average molecular weight is 291 g/mol. The number of nitrogens with zero attached hydrogens (tertiary/aromatic N) is 2. The number of piperazine rings is 1. The van der Waals surface area contributed by atoms with Gasteiger partial charge in [-0.2, -0.15) is 0 Å². The normalized spacial score (nSPS) is 17.8. The topological polar surface area (TPSA) is 27.7 Å². The fourth-order valence-corrected chi connectivity index (χ4v) is 3.14. The van der Waals surface area contributed by atoms with Crippen molar-refractivity contribution in [2.45, 2.75) is 25.8 Å². The Morgan fingerprint density at radius 2 is 2.00 bits per heavy atom. The molecule has 21 heavy (non-hydrogen) atoms. The molecule has 1 unspecified atom stereocenters. The standard InChI is InChI=1S/C17H29N3O/c1-4-6-16(14-18-2)20-11-9-19(10-12-20)15-7-5-8-17(13-15)21-3/h5,7-8,13,16,18H,4,6,9-12,14H2,1-3H3. The second-order valence-corrected chi connectivity index (χ2v) is 5.72. The van der Waals surface area contributed by atoms with Crippen molar-refractivity contribution in [2.75, 3.05) is 51.8 Å². The molecule has 4 nitrogen and oxygen atoms in total. The van der Waals surface area contributed by atoms with Gasteiger partial charge in [0.1, 0.15) is 5.75 Å². The first-order valence-corrected chi connectivity index (χ1v) is 8.06. The molecule has 0 bridgehead atoms. The summed E-state index contributed by atoms with van der Waals surface area (Å²) in [5, 5.41) is 3.34. The second-order valence-electron chi connectivity index (χ2n) is 5.72. The number of likely N-dealkylation sites (N-methyl/N-ethyl adjacent to an activating group) is 1. The molecule has 1 heterocycles. The lowest BCUT2D eigenvalue weighted by Crippen LogP contribution is -2.52. The van der Waals surface area contributed by atoms with Crippen LogP contribution in [0.1, 0.15) is 19.8 Å². The molecule has 1 aliphatic rings. The van der Waals surface area contributed by atoms with Crippen LogP contribution in [-0.4, -0.2) is 57.8 Å². The van der Waals surface area contributed by atoms with Crippen molar-refractivity contribution >= 4 is 5.69 Å². The third-order valence-electron chi connectivity index (χ3n) is 4.31. The van der Waals surface area contributed by atoms with Gasteiger partial charge in [0.2, 0.25) is 0 Å². The van der Waals surface area contributed by atoms with Gasteiger partial charge in [0.05, 0.1) is 7.11 Å². The van der Waals surface area contributed by atoms with Gasteiger partial charge < -0.3 is 15.0 Å². The van der Waals surface area contributed by atoms with Crippen molar-refractivity contribution in [1.82, 2.24) is 10.2 Å². The molecule has 0 amide bonds. The van der Waals surface area contributed by atoms with E-state index >= 15 is 0 Å². The summed E-state index contributed by atoms with van der Waals surface area (Å²) in [6, 6.07) is 9.06. The lowest BCUT2D eigenvalue weighted by molar-refractivity contribution is 0.173. The molecule has 1 atom stereocenters. The number of nitrogens with one attached hydrogen (secondary N) is 1. The molecule has 1 aromatic rings. The largest absolute Gasteiger partial charge is 0.497 e. The molecule has 1 saturated heterocycles. The molecule has 1 N–H and O–H groups in total. The summed E-state index contributed by atoms with van der Waals surface area (Å²) in [7, 11) is 3.78. The molecule has 118 valence electrons. The maximum atomic E-state index is 5.32. The second kappa shape index (κ2) is 8.25. The molecule has 0 spiro atoms. The maximum absolute atomic E-state index is 5.32. The lowest BCUT2D eigenvalue weighted by atomic mass is 10.1. The molecular formula is C17H29N3O. The Morgan fingerprint density at radius 3 is 2.62 bits per heavy atom. The van der Waals surface area contributed by atoms with E-state index in [9.17, 15) is 0 Å². The monoisotopic (exact) mass is 291 g/mol. The molecule has 1 fully saturated rings. The first-order chi connectivity index (χ1) is 10.3. The highest BCUT2D eigenvalue weighted by Crippen LogP contribution is 2.22. The number of ether oxygens (including phenoxy) is 1. The highest BCUT2D eigenvalue weighted by Gasteiger charge is 2.23. The lowest BCUT2D eigenvalue weighted by Gasteiger charge is -2.40. The minimum atomic E-state index is 0.674. The van der Waals surface area contributed by atoms with E-state index < -0.39 is 0 Å². The highest BCUT2D eigenvalue weighted by atomic mass is 16.5. The van der Waals surface area contributed by atoms with Gasteiger partial charge in [0.25, 0.3) is 0 Å². The Hall–Kier alpha value is -1.26. The molecule has 0 radical (unpaired) electrons. The van der Waals surface area contributed by atoms with Crippen molar-refractivity contribution in [3.63, 3.8) is 0 Å². The van der Waals surface area contributed by atoms with Crippen LogP contribution in [0.15, 0.2) is 24.3 Å². The van der Waals surface area contributed by atoms with Crippen LogP contribution >= 0.6 is 0 Å². The fourth-order valence-electron chi connectivity index (χ4n) is 3.14. The van der Waals surface area contributed by atoms with Gasteiger partial charge in [-0.25, -0.2) is 0 Å². The molecular weight excluding hydrogens is 262 g/mol. The molecule has 1 aromatic carbocycles. The SMILES string of the molecule is CCCC(CNC)N1CCN(c2cccc(OC)c2)CC1. The van der Waals surface area contributed by atoms with E-state index in [0.717, 1.165) is 38.5 Å². The third-order valence-corrected chi connectivity index (χ3v) is 4.31. The van der Waals surface area contributed by atoms with Gasteiger partial charge >= 0.3 is 0 Å². The maximum Gasteiger partial charge on any atom is 0.120 e. The van der Waals surface area contributed by atoms with Crippen LogP contribution in [-0.2, 0) is 0 Å². The summed E-state index contributed by atoms with van der Waals surface area (Å²) < 4.78 is 5.32. The van der Waals surface area contributed by atoms with E-state index in [2.05, 4.69) is 47.3 Å². The first kappa shape index (κ1) is 16.1. The van der Waals surface area contributed by atoms with Crippen molar-refractivity contribution in [2.24, 2.45) is 0 Å². The summed E-state index contributed by atoms with van der Waals surface area (Å²) in [5.74, 6) is 0.939. The van der Waals surface area contributed by atoms with Crippen LogP contribution in [0.25, 0.3) is 0 Å². The van der Waals surface area contributed by atoms with Crippen molar-refractivity contribution in [3.8, 4) is 5.75 Å². The number of rotatable bonds is 7. The van der Waals surface area contributed by atoms with Gasteiger partial charge in [0.15, 0.2) is 0 Å². The van der Waals surface area contributed by atoms with E-state index in [1.54, 1.807) is 7.11 Å². The Kier molecular flexibility index (Phi) is 6.33. The molecule has 0 aliphatic carbocycles. The zero-order valence-corrected chi connectivity index (χ0v) is 13.6. The Balaban J connectivity index is 1.92. The zero-order valence-electron chi connectivity index (χ0n) is 13.6. The van der Waals surface area contributed by atoms with Crippen molar-refractivity contribution in [3.05, 3.63) is 24.3 Å². The van der Waals surface area contributed by atoms with Gasteiger partial charge in [-0.1, -0.05) is 19.4 Å². The molecule has 0 saturated carbocycles. The Morgan fingerprint density at radius 1 is 1.24 bits per heavy atom. The van der Waals surface area contributed by atoms with Crippen molar-refractivity contribution < 1.29 is 4.74 Å². The third kappa shape index (κ3) is 4.35. The molecule has 0 aromatic heterocycles. The van der Waals surface area contributed by atoms with Gasteiger partial charge in [-0.15, -0.1) is 0 Å². The number of anilines is 1. The van der Waals surface area contributed by atoms with Gasteiger partial charge in [0, 0.05) is 50.5 Å². The van der Waals surface area contributed by atoms with E-state index in [0.29, 0.717) is 6.04 Å². The molecule has 1 aliphatic heterocycles. The van der Waals surface area contributed by atoms with E-state index in [1.165, 1.54) is 18.5 Å². The van der Waals surface area contributed by atoms with Crippen LogP contribution in [0.5, 0.6) is 5.75 Å². The van der Waals surface area contributed by atoms with Gasteiger partial charge in [-0.3, -0.25) is 4.90 Å². The van der Waals surface area contributed by atoms with Crippen LogP contribution in [0, 0.1) is 0 Å². The molecule has 2 rings (SSSR count). The highest BCUT2D eigenvalue weighted by molar-refractivity contribution is 5.51. The summed E-state index contributed by atoms with van der Waals surface area (Å²) in [6.07, 6.45) is 2.53. The number of benzene rings is 1. The van der Waals surface area contributed by atoms with E-state index in [-0.39, 0.29) is 0 Å². The van der Waals surface area contributed by atoms with Gasteiger partial charge in [-0.05, 0) is 25.6 Å². The van der Waals surface area contributed by atoms with Crippen LogP contribution < -0.4 is 15.0 Å². The zero-order chi connectivity index (χ0) is 15.1. The predicted octanol–water partition coefficient (Wildman–Crippen LogP) is 2.21. The fraction of sp³-hybridized carbons (Fsp3) is 0.647. The smallest absolute Gasteiger partial charge is 0.120 e. The predicted molar refractivity (Wildman–Crippen MR) is 89.4 cm³/mol. The summed E-state index contributed by atoms with van der Waals surface area (Å²) >= 11 is 0. The Labute approximate surface area is 129 Å². The first-order valence-electron chi connectivity index (χ1n) is 8.06. The molecule has 4 heteroatoms. The van der Waals surface area contributed by atoms with E-state index in [1.807, 2.05) is 6.07 Å². The minimum Gasteiger partial charge on any atom is -0.497 e. The number of hydrogen-bond donors (Lipinski definition) is 1. The summed E-state index contributed by atoms with van der Waals surface area (Å²) in [6.45, 7) is 7.84. The summed E-state index contributed by atoms with van der Waals surface area (Å²) in [5.41, 5.74) is 1.27. The van der Waals surface area contributed by atoms with Crippen LogP contribution in [0.3, 0.4) is 0 Å².